The Morgan fingerprint density at radius 2 is 2.10 bits per heavy atom. The number of hydrogen-bond donors (Lipinski definition) is 2. The third-order valence-electron chi connectivity index (χ3n) is 2.99. The molecule has 2 aromatic rings. The minimum atomic E-state index is -0.313. The highest BCUT2D eigenvalue weighted by atomic mass is 32.1. The van der Waals surface area contributed by atoms with Crippen molar-refractivity contribution in [3.63, 3.8) is 0 Å². The summed E-state index contributed by atoms with van der Waals surface area (Å²) in [5.74, 6) is 5.71. The normalized spacial score (nSPS) is 11.3. The summed E-state index contributed by atoms with van der Waals surface area (Å²) < 4.78 is 5.23. The van der Waals surface area contributed by atoms with Crippen LogP contribution in [0.2, 0.25) is 0 Å². The number of carbonyl (C=O) groups is 1. The smallest absolute Gasteiger partial charge is 0.277 e. The second kappa shape index (κ2) is 5.83. The molecular weight excluding hydrogens is 286 g/mol. The molecule has 112 valence electrons. The highest BCUT2D eigenvalue weighted by Gasteiger charge is 2.27. The van der Waals surface area contributed by atoms with E-state index in [-0.39, 0.29) is 11.3 Å². The Kier molecular flexibility index (Phi) is 4.29. The van der Waals surface area contributed by atoms with Gasteiger partial charge in [-0.25, -0.2) is 10.8 Å². The topological polar surface area (TPSA) is 77.2 Å². The summed E-state index contributed by atoms with van der Waals surface area (Å²) in [6.07, 6.45) is 0. The van der Waals surface area contributed by atoms with Gasteiger partial charge in [0.05, 0.1) is 12.8 Å². The Bertz CT molecular complexity index is 659. The number of benzene rings is 1. The largest absolute Gasteiger partial charge is 0.497 e. The number of nitrogens with one attached hydrogen (secondary N) is 1. The van der Waals surface area contributed by atoms with Gasteiger partial charge >= 0.3 is 0 Å². The van der Waals surface area contributed by atoms with Gasteiger partial charge in [-0.1, -0.05) is 32.9 Å². The van der Waals surface area contributed by atoms with Gasteiger partial charge in [0.1, 0.15) is 15.6 Å². The summed E-state index contributed by atoms with van der Waals surface area (Å²) >= 11 is 1.33. The van der Waals surface area contributed by atoms with Gasteiger partial charge < -0.3 is 4.74 Å². The molecule has 5 nitrogen and oxygen atoms in total. The number of carbonyl (C=O) groups excluding carboxylic acids is 1. The van der Waals surface area contributed by atoms with Crippen molar-refractivity contribution >= 4 is 17.2 Å². The van der Waals surface area contributed by atoms with E-state index in [1.54, 1.807) is 7.11 Å². The Morgan fingerprint density at radius 3 is 2.67 bits per heavy atom. The van der Waals surface area contributed by atoms with E-state index in [0.717, 1.165) is 22.0 Å². The molecule has 3 N–H and O–H groups in total. The van der Waals surface area contributed by atoms with E-state index in [4.69, 9.17) is 10.6 Å². The first kappa shape index (κ1) is 15.5. The maximum atomic E-state index is 12.0. The molecule has 1 heterocycles. The van der Waals surface area contributed by atoms with Crippen LogP contribution in [-0.2, 0) is 5.41 Å². The van der Waals surface area contributed by atoms with E-state index in [1.165, 1.54) is 11.3 Å². The second-order valence-corrected chi connectivity index (χ2v) is 6.65. The highest BCUT2D eigenvalue weighted by Crippen LogP contribution is 2.35. The molecule has 21 heavy (non-hydrogen) atoms. The molecule has 0 bridgehead atoms. The number of hydrazine groups is 1. The minimum Gasteiger partial charge on any atom is -0.497 e. The van der Waals surface area contributed by atoms with Crippen LogP contribution in [0.1, 0.15) is 36.1 Å². The van der Waals surface area contributed by atoms with Crippen LogP contribution >= 0.6 is 11.3 Å². The molecule has 0 saturated carbocycles. The number of nitrogen functional groups attached to an aromatic ring is 1. The zero-order valence-corrected chi connectivity index (χ0v) is 13.4. The summed E-state index contributed by atoms with van der Waals surface area (Å²) in [6, 6.07) is 7.61. The van der Waals surface area contributed by atoms with Crippen molar-refractivity contribution in [2.24, 2.45) is 5.84 Å². The van der Waals surface area contributed by atoms with Gasteiger partial charge in [0.25, 0.3) is 5.91 Å². The number of amides is 1. The number of ether oxygens (including phenoxy) is 1. The molecule has 0 fully saturated rings. The molecule has 1 aromatic heterocycles. The Balaban J connectivity index is 2.55. The van der Waals surface area contributed by atoms with E-state index in [9.17, 15) is 4.79 Å². The molecule has 1 aromatic carbocycles. The van der Waals surface area contributed by atoms with Crippen LogP contribution < -0.4 is 16.0 Å². The molecule has 0 aliphatic carbocycles. The highest BCUT2D eigenvalue weighted by molar-refractivity contribution is 7.17. The Morgan fingerprint density at radius 1 is 1.38 bits per heavy atom. The number of methoxy groups -OCH3 is 1. The number of hydrogen-bond acceptors (Lipinski definition) is 5. The molecule has 2 rings (SSSR count). The zero-order valence-electron chi connectivity index (χ0n) is 12.6. The van der Waals surface area contributed by atoms with Crippen LogP contribution in [0.4, 0.5) is 0 Å². The average molecular weight is 305 g/mol. The lowest BCUT2D eigenvalue weighted by Gasteiger charge is -2.16. The van der Waals surface area contributed by atoms with E-state index in [2.05, 4.69) is 10.4 Å². The lowest BCUT2D eigenvalue weighted by atomic mass is 9.91. The lowest BCUT2D eigenvalue weighted by Crippen LogP contribution is -2.31. The van der Waals surface area contributed by atoms with Crippen LogP contribution in [0.5, 0.6) is 5.75 Å². The van der Waals surface area contributed by atoms with Crippen LogP contribution in [0, 0.1) is 0 Å². The number of nitrogens with zero attached hydrogens (tertiary/aromatic N) is 1. The van der Waals surface area contributed by atoms with E-state index in [1.807, 2.05) is 45.0 Å². The van der Waals surface area contributed by atoms with Crippen molar-refractivity contribution in [2.75, 3.05) is 7.11 Å². The fourth-order valence-corrected chi connectivity index (χ4v) is 3.10. The van der Waals surface area contributed by atoms with Crippen molar-refractivity contribution < 1.29 is 9.53 Å². The van der Waals surface area contributed by atoms with E-state index >= 15 is 0 Å². The second-order valence-electron chi connectivity index (χ2n) is 5.65. The molecule has 1 amide bonds. The maximum Gasteiger partial charge on any atom is 0.277 e. The summed E-state index contributed by atoms with van der Waals surface area (Å²) in [5.41, 5.74) is 3.61. The molecule has 6 heteroatoms. The van der Waals surface area contributed by atoms with Gasteiger partial charge in [-0.3, -0.25) is 10.2 Å². The third-order valence-corrected chi connectivity index (χ3v) is 4.09. The number of rotatable bonds is 3. The molecule has 0 aliphatic rings. The quantitative estimate of drug-likeness (QED) is 0.519. The molecule has 0 radical (unpaired) electrons. The lowest BCUT2D eigenvalue weighted by molar-refractivity contribution is 0.0955. The van der Waals surface area contributed by atoms with Gasteiger partial charge in [-0.15, -0.1) is 11.3 Å². The van der Waals surface area contributed by atoms with Gasteiger partial charge in [-0.05, 0) is 12.1 Å². The van der Waals surface area contributed by atoms with Crippen molar-refractivity contribution in [1.82, 2.24) is 10.4 Å². The fourth-order valence-electron chi connectivity index (χ4n) is 1.93. The minimum absolute atomic E-state index is 0.241. The van der Waals surface area contributed by atoms with Crippen LogP contribution in [0.25, 0.3) is 10.6 Å². The van der Waals surface area contributed by atoms with Crippen molar-refractivity contribution in [2.45, 2.75) is 26.2 Å². The van der Waals surface area contributed by atoms with Crippen molar-refractivity contribution in [1.29, 1.82) is 0 Å². The van der Waals surface area contributed by atoms with Gasteiger partial charge in [0, 0.05) is 11.0 Å². The van der Waals surface area contributed by atoms with Gasteiger partial charge in [0.2, 0.25) is 0 Å². The first-order chi connectivity index (χ1) is 9.86. The van der Waals surface area contributed by atoms with Crippen LogP contribution in [0.15, 0.2) is 24.3 Å². The molecule has 0 unspecified atom stereocenters. The third kappa shape index (κ3) is 3.22. The Labute approximate surface area is 128 Å². The van der Waals surface area contributed by atoms with Gasteiger partial charge in [0.15, 0.2) is 0 Å². The number of aromatic nitrogens is 1. The van der Waals surface area contributed by atoms with Crippen LogP contribution in [0.3, 0.4) is 0 Å². The average Bonchev–Trinajstić information content (AvgIpc) is 2.92. The summed E-state index contributed by atoms with van der Waals surface area (Å²) in [4.78, 5) is 17.1. The predicted molar refractivity (Wildman–Crippen MR) is 84.5 cm³/mol. The van der Waals surface area contributed by atoms with Gasteiger partial charge in [-0.2, -0.15) is 0 Å². The maximum absolute atomic E-state index is 12.0. The SMILES string of the molecule is COc1cccc(-c2nc(C(C)(C)C)c(C(=O)NN)s2)c1. The van der Waals surface area contributed by atoms with Crippen molar-refractivity contribution in [3.05, 3.63) is 34.8 Å². The number of thiazole rings is 1. The van der Waals surface area contributed by atoms with Crippen molar-refractivity contribution in [3.8, 4) is 16.3 Å². The standard InChI is InChI=1S/C15H19N3O2S/c1-15(2,3)12-11(13(19)18-16)21-14(17-12)9-6-5-7-10(8-9)20-4/h5-8H,16H2,1-4H3,(H,18,19). The molecule has 0 atom stereocenters. The summed E-state index contributed by atoms with van der Waals surface area (Å²) in [7, 11) is 1.62. The molecule has 0 saturated heterocycles. The predicted octanol–water partition coefficient (Wildman–Crippen LogP) is 2.72. The number of nitrogens with two attached hydrogens (primary N) is 1. The van der Waals surface area contributed by atoms with E-state index in [0.29, 0.717) is 4.88 Å². The Hall–Kier alpha value is -1.92. The molecular formula is C15H19N3O2S. The van der Waals surface area contributed by atoms with Crippen LogP contribution in [-0.4, -0.2) is 18.0 Å². The monoisotopic (exact) mass is 305 g/mol. The first-order valence-electron chi connectivity index (χ1n) is 6.53. The zero-order chi connectivity index (χ0) is 15.6. The fraction of sp³-hybridized carbons (Fsp3) is 0.333. The first-order valence-corrected chi connectivity index (χ1v) is 7.35. The summed E-state index contributed by atoms with van der Waals surface area (Å²) in [6.45, 7) is 6.06. The molecule has 0 spiro atoms. The van der Waals surface area contributed by atoms with E-state index < -0.39 is 0 Å². The summed E-state index contributed by atoms with van der Waals surface area (Å²) in [5, 5.41) is 0.775. The molecule has 0 aliphatic heterocycles.